The number of hydrogen-bond donors (Lipinski definition) is 1. The van der Waals surface area contributed by atoms with Crippen molar-refractivity contribution in [1.82, 2.24) is 5.32 Å². The third kappa shape index (κ3) is 7.34. The van der Waals surface area contributed by atoms with E-state index in [9.17, 15) is 4.79 Å². The minimum atomic E-state index is -0.143. The molecule has 4 nitrogen and oxygen atoms in total. The number of ether oxygens (including phenoxy) is 2. The van der Waals surface area contributed by atoms with Gasteiger partial charge in [0.15, 0.2) is 0 Å². The highest BCUT2D eigenvalue weighted by molar-refractivity contribution is 5.69. The number of rotatable bonds is 5. The quantitative estimate of drug-likeness (QED) is 0.749. The number of nitrogens with one attached hydrogen (secondary N) is 1. The van der Waals surface area contributed by atoms with Crippen LogP contribution < -0.4 is 5.32 Å². The minimum Gasteiger partial charge on any atom is -0.463 e. The molecule has 0 aromatic heterocycles. The van der Waals surface area contributed by atoms with Crippen LogP contribution in [0.3, 0.4) is 0 Å². The lowest BCUT2D eigenvalue weighted by Gasteiger charge is -2.22. The standard InChI is InChI=1S/C13H25NO3/c1-13(2,3)14-8-7-12(15)17-10-11-6-4-5-9-16-11/h11,14H,4-10H2,1-3H3. The molecule has 100 valence electrons. The van der Waals surface area contributed by atoms with E-state index in [4.69, 9.17) is 9.47 Å². The molecule has 0 amide bonds. The van der Waals surface area contributed by atoms with Crippen molar-refractivity contribution in [2.24, 2.45) is 0 Å². The lowest BCUT2D eigenvalue weighted by molar-refractivity contribution is -0.149. The van der Waals surface area contributed by atoms with Gasteiger partial charge in [0.05, 0.1) is 12.5 Å². The maximum Gasteiger partial charge on any atom is 0.307 e. The Morgan fingerprint density at radius 1 is 1.41 bits per heavy atom. The highest BCUT2D eigenvalue weighted by atomic mass is 16.6. The average molecular weight is 243 g/mol. The summed E-state index contributed by atoms with van der Waals surface area (Å²) in [6.07, 6.45) is 3.84. The molecule has 0 bridgehead atoms. The summed E-state index contributed by atoms with van der Waals surface area (Å²) in [6.45, 7) is 8.10. The van der Waals surface area contributed by atoms with Gasteiger partial charge in [-0.1, -0.05) is 0 Å². The molecule has 1 heterocycles. The van der Waals surface area contributed by atoms with Crippen molar-refractivity contribution in [3.05, 3.63) is 0 Å². The number of carbonyl (C=O) groups excluding carboxylic acids is 1. The molecule has 0 spiro atoms. The normalized spacial score (nSPS) is 21.2. The molecule has 1 fully saturated rings. The molecule has 0 aromatic rings. The molecule has 1 aliphatic heterocycles. The third-order valence-electron chi connectivity index (χ3n) is 2.69. The van der Waals surface area contributed by atoms with Gasteiger partial charge < -0.3 is 14.8 Å². The molecule has 17 heavy (non-hydrogen) atoms. The van der Waals surface area contributed by atoms with Crippen LogP contribution >= 0.6 is 0 Å². The Morgan fingerprint density at radius 3 is 2.76 bits per heavy atom. The summed E-state index contributed by atoms with van der Waals surface area (Å²) < 4.78 is 10.7. The summed E-state index contributed by atoms with van der Waals surface area (Å²) in [5.41, 5.74) is 0.0484. The van der Waals surface area contributed by atoms with Crippen LogP contribution in [0.15, 0.2) is 0 Å². The molecule has 0 saturated carbocycles. The fourth-order valence-corrected chi connectivity index (χ4v) is 1.74. The zero-order chi connectivity index (χ0) is 12.7. The maximum atomic E-state index is 11.5. The molecule has 1 rings (SSSR count). The second kappa shape index (κ2) is 6.97. The highest BCUT2D eigenvalue weighted by Gasteiger charge is 2.16. The lowest BCUT2D eigenvalue weighted by atomic mass is 10.1. The van der Waals surface area contributed by atoms with Gasteiger partial charge in [-0.3, -0.25) is 4.79 Å². The van der Waals surface area contributed by atoms with E-state index < -0.39 is 0 Å². The molecule has 1 N–H and O–H groups in total. The van der Waals surface area contributed by atoms with Crippen LogP contribution in [0.4, 0.5) is 0 Å². The second-order valence-electron chi connectivity index (χ2n) is 5.60. The van der Waals surface area contributed by atoms with Crippen molar-refractivity contribution in [2.45, 2.75) is 58.1 Å². The Hall–Kier alpha value is -0.610. The molecule has 0 aromatic carbocycles. The first kappa shape index (κ1) is 14.5. The largest absolute Gasteiger partial charge is 0.463 e. The van der Waals surface area contributed by atoms with E-state index in [2.05, 4.69) is 26.1 Å². The topological polar surface area (TPSA) is 47.6 Å². The Bertz CT molecular complexity index is 229. The van der Waals surface area contributed by atoms with Gasteiger partial charge in [-0.15, -0.1) is 0 Å². The Balaban J connectivity index is 2.04. The van der Waals surface area contributed by atoms with Crippen LogP contribution in [0.2, 0.25) is 0 Å². The van der Waals surface area contributed by atoms with E-state index in [1.807, 2.05) is 0 Å². The van der Waals surface area contributed by atoms with Gasteiger partial charge in [0, 0.05) is 18.7 Å². The summed E-state index contributed by atoms with van der Waals surface area (Å²) in [7, 11) is 0. The molecule has 4 heteroatoms. The van der Waals surface area contributed by atoms with E-state index in [-0.39, 0.29) is 17.6 Å². The van der Waals surface area contributed by atoms with Crippen molar-refractivity contribution in [3.8, 4) is 0 Å². The first-order valence-electron chi connectivity index (χ1n) is 6.49. The SMILES string of the molecule is CC(C)(C)NCCC(=O)OCC1CCCCO1. The Labute approximate surface area is 104 Å². The van der Waals surface area contributed by atoms with Crippen molar-refractivity contribution in [2.75, 3.05) is 19.8 Å². The first-order valence-corrected chi connectivity index (χ1v) is 6.49. The van der Waals surface area contributed by atoms with E-state index >= 15 is 0 Å². The van der Waals surface area contributed by atoms with E-state index in [0.717, 1.165) is 19.4 Å². The van der Waals surface area contributed by atoms with Crippen molar-refractivity contribution >= 4 is 5.97 Å². The number of carbonyl (C=O) groups is 1. The van der Waals surface area contributed by atoms with Crippen molar-refractivity contribution in [3.63, 3.8) is 0 Å². The first-order chi connectivity index (χ1) is 7.97. The van der Waals surface area contributed by atoms with Crippen molar-refractivity contribution < 1.29 is 14.3 Å². The highest BCUT2D eigenvalue weighted by Crippen LogP contribution is 2.12. The second-order valence-corrected chi connectivity index (χ2v) is 5.60. The van der Waals surface area contributed by atoms with Gasteiger partial charge in [-0.05, 0) is 40.0 Å². The Morgan fingerprint density at radius 2 is 2.18 bits per heavy atom. The lowest BCUT2D eigenvalue weighted by Crippen LogP contribution is -2.37. The molecule has 1 atom stereocenters. The van der Waals surface area contributed by atoms with Gasteiger partial charge >= 0.3 is 5.97 Å². The predicted octanol–water partition coefficient (Wildman–Crippen LogP) is 1.88. The van der Waals surface area contributed by atoms with E-state index in [1.54, 1.807) is 0 Å². The summed E-state index contributed by atoms with van der Waals surface area (Å²) in [6, 6.07) is 0. The molecule has 1 aliphatic rings. The predicted molar refractivity (Wildman–Crippen MR) is 66.9 cm³/mol. The monoisotopic (exact) mass is 243 g/mol. The van der Waals surface area contributed by atoms with Gasteiger partial charge in [-0.25, -0.2) is 0 Å². The van der Waals surface area contributed by atoms with Crippen LogP contribution in [0.5, 0.6) is 0 Å². The smallest absolute Gasteiger partial charge is 0.307 e. The van der Waals surface area contributed by atoms with Crippen LogP contribution in [-0.2, 0) is 14.3 Å². The summed E-state index contributed by atoms with van der Waals surface area (Å²) >= 11 is 0. The molecule has 0 aliphatic carbocycles. The molecule has 1 unspecified atom stereocenters. The summed E-state index contributed by atoms with van der Waals surface area (Å²) in [5.74, 6) is -0.143. The van der Waals surface area contributed by atoms with Crippen LogP contribution in [0.25, 0.3) is 0 Å². The Kier molecular flexibility index (Phi) is 5.92. The minimum absolute atomic E-state index is 0.0484. The third-order valence-corrected chi connectivity index (χ3v) is 2.69. The summed E-state index contributed by atoms with van der Waals surface area (Å²) in [5, 5.41) is 3.26. The number of hydrogen-bond acceptors (Lipinski definition) is 4. The maximum absolute atomic E-state index is 11.5. The molecular weight excluding hydrogens is 218 g/mol. The fourth-order valence-electron chi connectivity index (χ4n) is 1.74. The summed E-state index contributed by atoms with van der Waals surface area (Å²) in [4.78, 5) is 11.5. The van der Waals surface area contributed by atoms with Crippen molar-refractivity contribution in [1.29, 1.82) is 0 Å². The van der Waals surface area contributed by atoms with Gasteiger partial charge in [0.1, 0.15) is 6.61 Å². The van der Waals surface area contributed by atoms with Crippen LogP contribution in [0.1, 0.15) is 46.5 Å². The average Bonchev–Trinajstić information content (AvgIpc) is 2.26. The van der Waals surface area contributed by atoms with Gasteiger partial charge in [0.2, 0.25) is 0 Å². The molecule has 0 radical (unpaired) electrons. The van der Waals surface area contributed by atoms with Crippen LogP contribution in [-0.4, -0.2) is 37.4 Å². The van der Waals surface area contributed by atoms with E-state index in [0.29, 0.717) is 19.6 Å². The van der Waals surface area contributed by atoms with Crippen LogP contribution in [0, 0.1) is 0 Å². The molecule has 1 saturated heterocycles. The number of esters is 1. The zero-order valence-electron chi connectivity index (χ0n) is 11.3. The van der Waals surface area contributed by atoms with E-state index in [1.165, 1.54) is 6.42 Å². The molecular formula is C13H25NO3. The fraction of sp³-hybridized carbons (Fsp3) is 0.923. The van der Waals surface area contributed by atoms with Gasteiger partial charge in [0.25, 0.3) is 0 Å². The van der Waals surface area contributed by atoms with Gasteiger partial charge in [-0.2, -0.15) is 0 Å². The zero-order valence-corrected chi connectivity index (χ0v) is 11.3.